The highest BCUT2D eigenvalue weighted by atomic mass is 19.3. The smallest absolute Gasteiger partial charge is 0.363 e. The van der Waals surface area contributed by atoms with E-state index in [4.69, 9.17) is 0 Å². The molecule has 0 aliphatic carbocycles. The molecule has 0 radical (unpaired) electrons. The van der Waals surface area contributed by atoms with E-state index in [-0.39, 0.29) is 5.71 Å². The van der Waals surface area contributed by atoms with Crippen molar-refractivity contribution >= 4 is 11.7 Å². The lowest BCUT2D eigenvalue weighted by Crippen LogP contribution is -2.39. The number of aliphatic imine (C=N–C) groups is 1. The molecule has 15 heavy (non-hydrogen) atoms. The number of hydrogen-bond acceptors (Lipinski definition) is 3. The molecule has 0 fully saturated rings. The first kappa shape index (κ1) is 11.9. The molecule has 0 N–H and O–H groups in total. The SMILES string of the molecule is CC(C)C1=NC(C(F)(F)C(F)F)OC1=O. The maximum atomic E-state index is 12.7. The lowest BCUT2D eigenvalue weighted by molar-refractivity contribution is -0.199. The number of rotatable bonds is 3. The van der Waals surface area contributed by atoms with Crippen LogP contribution in [0.25, 0.3) is 0 Å². The van der Waals surface area contributed by atoms with Crippen LogP contribution >= 0.6 is 0 Å². The summed E-state index contributed by atoms with van der Waals surface area (Å²) in [6.45, 7) is 3.06. The second-order valence-corrected chi connectivity index (χ2v) is 3.40. The topological polar surface area (TPSA) is 38.7 Å². The minimum Gasteiger partial charge on any atom is -0.428 e. The molecule has 1 heterocycles. The Morgan fingerprint density at radius 3 is 2.27 bits per heavy atom. The van der Waals surface area contributed by atoms with Gasteiger partial charge in [-0.3, -0.25) is 0 Å². The summed E-state index contributed by atoms with van der Waals surface area (Å²) in [6, 6.07) is 0. The van der Waals surface area contributed by atoms with Crippen LogP contribution in [0.5, 0.6) is 0 Å². The molecular formula is C8H9F4NO2. The predicted molar refractivity (Wildman–Crippen MR) is 43.1 cm³/mol. The van der Waals surface area contributed by atoms with Crippen LogP contribution in [0.2, 0.25) is 0 Å². The van der Waals surface area contributed by atoms with Gasteiger partial charge in [-0.1, -0.05) is 13.8 Å². The first-order valence-electron chi connectivity index (χ1n) is 4.21. The van der Waals surface area contributed by atoms with E-state index >= 15 is 0 Å². The Bertz CT molecular complexity index is 301. The summed E-state index contributed by atoms with van der Waals surface area (Å²) < 4.78 is 53.4. The third-order valence-corrected chi connectivity index (χ3v) is 1.85. The monoisotopic (exact) mass is 227 g/mol. The molecule has 1 rings (SSSR count). The maximum absolute atomic E-state index is 12.7. The number of alkyl halides is 4. The van der Waals surface area contributed by atoms with E-state index in [2.05, 4.69) is 9.73 Å². The van der Waals surface area contributed by atoms with Crippen molar-refractivity contribution in [1.82, 2.24) is 0 Å². The molecule has 0 bridgehead atoms. The van der Waals surface area contributed by atoms with Gasteiger partial charge in [0.15, 0.2) is 0 Å². The van der Waals surface area contributed by atoms with Crippen LogP contribution in [0.15, 0.2) is 4.99 Å². The van der Waals surface area contributed by atoms with E-state index in [1.165, 1.54) is 13.8 Å². The molecule has 0 spiro atoms. The highest BCUT2D eigenvalue weighted by molar-refractivity contribution is 6.38. The number of nitrogens with zero attached hydrogens (tertiary/aromatic N) is 1. The van der Waals surface area contributed by atoms with Crippen LogP contribution in [-0.2, 0) is 9.53 Å². The Kier molecular flexibility index (Phi) is 3.01. The van der Waals surface area contributed by atoms with Crippen LogP contribution in [0.4, 0.5) is 17.6 Å². The molecule has 1 atom stereocenters. The van der Waals surface area contributed by atoms with Crippen molar-refractivity contribution in [3.63, 3.8) is 0 Å². The fraction of sp³-hybridized carbons (Fsp3) is 0.750. The number of halogens is 4. The minimum absolute atomic E-state index is 0.236. The number of esters is 1. The molecule has 1 aliphatic heterocycles. The molecule has 86 valence electrons. The van der Waals surface area contributed by atoms with Crippen molar-refractivity contribution in [3.8, 4) is 0 Å². The molecule has 3 nitrogen and oxygen atoms in total. The van der Waals surface area contributed by atoms with Crippen molar-refractivity contribution in [2.45, 2.75) is 32.4 Å². The summed E-state index contributed by atoms with van der Waals surface area (Å²) in [7, 11) is 0. The first-order valence-corrected chi connectivity index (χ1v) is 4.21. The van der Waals surface area contributed by atoms with Gasteiger partial charge in [-0.25, -0.2) is 18.6 Å². The summed E-state index contributed by atoms with van der Waals surface area (Å²) in [5, 5.41) is 0. The summed E-state index contributed by atoms with van der Waals surface area (Å²) in [5.41, 5.74) is -0.236. The van der Waals surface area contributed by atoms with Crippen molar-refractivity contribution in [1.29, 1.82) is 0 Å². The van der Waals surface area contributed by atoms with Gasteiger partial charge in [0, 0.05) is 5.92 Å². The number of hydrogen-bond donors (Lipinski definition) is 0. The van der Waals surface area contributed by atoms with Crippen molar-refractivity contribution in [2.75, 3.05) is 0 Å². The van der Waals surface area contributed by atoms with Crippen molar-refractivity contribution in [2.24, 2.45) is 10.9 Å². The summed E-state index contributed by atoms with van der Waals surface area (Å²) in [4.78, 5) is 14.1. The van der Waals surface area contributed by atoms with Crippen LogP contribution in [-0.4, -0.2) is 30.3 Å². The van der Waals surface area contributed by atoms with E-state index in [1.807, 2.05) is 0 Å². The largest absolute Gasteiger partial charge is 0.428 e. The molecule has 7 heteroatoms. The predicted octanol–water partition coefficient (Wildman–Crippen LogP) is 1.87. The Labute approximate surface area is 83.1 Å². The number of ether oxygens (including phenoxy) is 1. The Balaban J connectivity index is 2.90. The molecule has 0 aromatic rings. The third kappa shape index (κ3) is 2.10. The Morgan fingerprint density at radius 1 is 1.40 bits per heavy atom. The van der Waals surface area contributed by atoms with Crippen LogP contribution < -0.4 is 0 Å². The second kappa shape index (κ2) is 3.79. The van der Waals surface area contributed by atoms with Gasteiger partial charge in [0.1, 0.15) is 5.71 Å². The van der Waals surface area contributed by atoms with Crippen molar-refractivity contribution < 1.29 is 27.1 Å². The van der Waals surface area contributed by atoms with Gasteiger partial charge in [0.2, 0.25) is 0 Å². The third-order valence-electron chi connectivity index (χ3n) is 1.85. The summed E-state index contributed by atoms with van der Waals surface area (Å²) >= 11 is 0. The lowest BCUT2D eigenvalue weighted by Gasteiger charge is -2.18. The zero-order valence-corrected chi connectivity index (χ0v) is 8.01. The average molecular weight is 227 g/mol. The quantitative estimate of drug-likeness (QED) is 0.545. The fourth-order valence-electron chi connectivity index (χ4n) is 1.02. The molecule has 0 aromatic heterocycles. The summed E-state index contributed by atoms with van der Waals surface area (Å²) in [6.07, 6.45) is -6.31. The molecule has 0 saturated carbocycles. The van der Waals surface area contributed by atoms with Crippen LogP contribution in [0, 0.1) is 5.92 Å². The van der Waals surface area contributed by atoms with Gasteiger partial charge >= 0.3 is 18.3 Å². The Morgan fingerprint density at radius 2 is 1.93 bits per heavy atom. The van der Waals surface area contributed by atoms with Gasteiger partial charge in [0.05, 0.1) is 0 Å². The minimum atomic E-state index is -4.44. The van der Waals surface area contributed by atoms with E-state index < -0.39 is 30.5 Å². The molecule has 0 saturated heterocycles. The van der Waals surface area contributed by atoms with Crippen LogP contribution in [0.3, 0.4) is 0 Å². The highest BCUT2D eigenvalue weighted by Crippen LogP contribution is 2.32. The molecular weight excluding hydrogens is 218 g/mol. The van der Waals surface area contributed by atoms with Gasteiger partial charge in [-0.2, -0.15) is 8.78 Å². The molecule has 0 aromatic carbocycles. The number of carbonyl (C=O) groups is 1. The Hall–Kier alpha value is -1.14. The number of cyclic esters (lactones) is 1. The summed E-state index contributed by atoms with van der Waals surface area (Å²) in [5.74, 6) is -5.93. The first-order chi connectivity index (χ1) is 6.76. The van der Waals surface area contributed by atoms with Gasteiger partial charge < -0.3 is 4.74 Å². The van der Waals surface area contributed by atoms with Gasteiger partial charge in [-0.05, 0) is 0 Å². The number of carbonyl (C=O) groups excluding carboxylic acids is 1. The fourth-order valence-corrected chi connectivity index (χ4v) is 1.02. The normalized spacial score (nSPS) is 22.3. The van der Waals surface area contributed by atoms with Gasteiger partial charge in [-0.15, -0.1) is 0 Å². The standard InChI is InChI=1S/C8H9F4NO2/c1-3(2)4-5(14)15-7(13-4)8(11,12)6(9)10/h3,6-7H,1-2H3. The van der Waals surface area contributed by atoms with Crippen LogP contribution in [0.1, 0.15) is 13.8 Å². The van der Waals surface area contributed by atoms with E-state index in [1.54, 1.807) is 0 Å². The average Bonchev–Trinajstić information content (AvgIpc) is 2.47. The van der Waals surface area contributed by atoms with E-state index in [0.29, 0.717) is 0 Å². The molecule has 1 aliphatic rings. The second-order valence-electron chi connectivity index (χ2n) is 3.40. The maximum Gasteiger partial charge on any atom is 0.363 e. The van der Waals surface area contributed by atoms with E-state index in [9.17, 15) is 22.4 Å². The molecule has 1 unspecified atom stereocenters. The van der Waals surface area contributed by atoms with Gasteiger partial charge in [0.25, 0.3) is 6.23 Å². The lowest BCUT2D eigenvalue weighted by atomic mass is 10.1. The van der Waals surface area contributed by atoms with E-state index in [0.717, 1.165) is 0 Å². The highest BCUT2D eigenvalue weighted by Gasteiger charge is 2.54. The molecule has 0 amide bonds. The zero-order valence-electron chi connectivity index (χ0n) is 8.01. The van der Waals surface area contributed by atoms with Crippen molar-refractivity contribution in [3.05, 3.63) is 0 Å². The zero-order chi connectivity index (χ0) is 11.8.